The van der Waals surface area contributed by atoms with Crippen molar-refractivity contribution in [3.05, 3.63) is 76.8 Å². The standard InChI is InChI=1S/C24H22ClF3N2O5S/c1-15-4-8-18(9-5-15)36(32,33)30(21-11-7-17(34-2)13-22(21)35-3)14-23(31)29-16-6-10-20(25)19(12-16)24(26,27)28/h4-13H,14H2,1-3H3,(H,29,31). The average Bonchev–Trinajstić information content (AvgIpc) is 2.83. The summed E-state index contributed by atoms with van der Waals surface area (Å²) in [5, 5.41) is 1.77. The molecular formula is C24H22ClF3N2O5S. The Balaban J connectivity index is 2.02. The van der Waals surface area contributed by atoms with Gasteiger partial charge in [0, 0.05) is 11.8 Å². The zero-order valence-electron chi connectivity index (χ0n) is 19.4. The lowest BCUT2D eigenvalue weighted by Crippen LogP contribution is -2.38. The van der Waals surface area contributed by atoms with Gasteiger partial charge in [0.2, 0.25) is 5.91 Å². The molecule has 0 aliphatic rings. The normalized spacial score (nSPS) is 11.6. The minimum Gasteiger partial charge on any atom is -0.497 e. The van der Waals surface area contributed by atoms with E-state index in [9.17, 15) is 26.4 Å². The summed E-state index contributed by atoms with van der Waals surface area (Å²) in [6.07, 6.45) is -4.74. The molecule has 0 aromatic heterocycles. The number of methoxy groups -OCH3 is 2. The van der Waals surface area contributed by atoms with Gasteiger partial charge < -0.3 is 14.8 Å². The third-order valence-corrected chi connectivity index (χ3v) is 7.21. The van der Waals surface area contributed by atoms with Gasteiger partial charge in [-0.25, -0.2) is 8.42 Å². The van der Waals surface area contributed by atoms with Gasteiger partial charge in [0.25, 0.3) is 10.0 Å². The first kappa shape index (κ1) is 27.2. The lowest BCUT2D eigenvalue weighted by Gasteiger charge is -2.26. The number of carbonyl (C=O) groups is 1. The Morgan fingerprint density at radius 2 is 1.67 bits per heavy atom. The summed E-state index contributed by atoms with van der Waals surface area (Å²) in [6.45, 7) is 1.03. The molecule has 192 valence electrons. The smallest absolute Gasteiger partial charge is 0.417 e. The monoisotopic (exact) mass is 542 g/mol. The van der Waals surface area contributed by atoms with E-state index in [0.29, 0.717) is 11.8 Å². The van der Waals surface area contributed by atoms with E-state index < -0.39 is 39.2 Å². The van der Waals surface area contributed by atoms with Gasteiger partial charge in [-0.05, 0) is 49.4 Å². The van der Waals surface area contributed by atoms with Crippen LogP contribution in [0.1, 0.15) is 11.1 Å². The van der Waals surface area contributed by atoms with E-state index in [1.54, 1.807) is 19.1 Å². The molecule has 0 saturated heterocycles. The maximum Gasteiger partial charge on any atom is 0.417 e. The predicted molar refractivity (Wildman–Crippen MR) is 130 cm³/mol. The predicted octanol–water partition coefficient (Wildman–Crippen LogP) is 5.52. The van der Waals surface area contributed by atoms with Crippen LogP contribution in [0.25, 0.3) is 0 Å². The quantitative estimate of drug-likeness (QED) is 0.405. The lowest BCUT2D eigenvalue weighted by molar-refractivity contribution is -0.137. The van der Waals surface area contributed by atoms with Crippen LogP contribution in [0.3, 0.4) is 0 Å². The number of nitrogens with one attached hydrogen (secondary N) is 1. The van der Waals surface area contributed by atoms with E-state index in [1.165, 1.54) is 50.6 Å². The summed E-state index contributed by atoms with van der Waals surface area (Å²) < 4.78 is 78.1. The first-order chi connectivity index (χ1) is 16.9. The minimum atomic E-state index is -4.74. The third kappa shape index (κ3) is 6.03. The molecule has 0 bridgehead atoms. The molecule has 1 N–H and O–H groups in total. The highest BCUT2D eigenvalue weighted by Gasteiger charge is 2.34. The summed E-state index contributed by atoms with van der Waals surface area (Å²) in [6, 6.07) is 13.2. The molecule has 7 nitrogen and oxygen atoms in total. The van der Waals surface area contributed by atoms with E-state index in [1.807, 2.05) is 0 Å². The molecule has 1 amide bonds. The summed E-state index contributed by atoms with van der Waals surface area (Å²) in [7, 11) is -1.56. The van der Waals surface area contributed by atoms with Crippen LogP contribution >= 0.6 is 11.6 Å². The van der Waals surface area contributed by atoms with Crippen LogP contribution in [-0.4, -0.2) is 35.1 Å². The van der Waals surface area contributed by atoms with Gasteiger partial charge in [-0.3, -0.25) is 9.10 Å². The van der Waals surface area contributed by atoms with Crippen molar-refractivity contribution >= 4 is 38.9 Å². The molecule has 0 unspecified atom stereocenters. The van der Waals surface area contributed by atoms with Crippen LogP contribution in [0.4, 0.5) is 24.5 Å². The molecule has 0 radical (unpaired) electrons. The number of ether oxygens (including phenoxy) is 2. The number of hydrogen-bond acceptors (Lipinski definition) is 5. The van der Waals surface area contributed by atoms with Crippen molar-refractivity contribution in [2.75, 3.05) is 30.4 Å². The van der Waals surface area contributed by atoms with E-state index in [0.717, 1.165) is 15.9 Å². The first-order valence-electron chi connectivity index (χ1n) is 10.3. The molecule has 36 heavy (non-hydrogen) atoms. The summed E-state index contributed by atoms with van der Waals surface area (Å²) in [5.74, 6) is -0.406. The fourth-order valence-corrected chi connectivity index (χ4v) is 4.94. The van der Waals surface area contributed by atoms with Gasteiger partial charge in [0.1, 0.15) is 18.0 Å². The average molecular weight is 543 g/mol. The molecule has 0 fully saturated rings. The number of halogens is 4. The number of amides is 1. The first-order valence-corrected chi connectivity index (χ1v) is 12.2. The van der Waals surface area contributed by atoms with Crippen molar-refractivity contribution in [2.24, 2.45) is 0 Å². The van der Waals surface area contributed by atoms with Crippen LogP contribution < -0.4 is 19.1 Å². The molecule has 12 heteroatoms. The maximum absolute atomic E-state index is 13.6. The van der Waals surface area contributed by atoms with Crippen LogP contribution in [0.5, 0.6) is 11.5 Å². The Labute approximate surface area is 211 Å². The van der Waals surface area contributed by atoms with Crippen LogP contribution in [0, 0.1) is 6.92 Å². The van der Waals surface area contributed by atoms with E-state index in [4.69, 9.17) is 21.1 Å². The fraction of sp³-hybridized carbons (Fsp3) is 0.208. The number of rotatable bonds is 8. The molecule has 3 aromatic rings. The van der Waals surface area contributed by atoms with E-state index >= 15 is 0 Å². The molecule has 0 saturated carbocycles. The van der Waals surface area contributed by atoms with Crippen molar-refractivity contribution in [3.63, 3.8) is 0 Å². The lowest BCUT2D eigenvalue weighted by atomic mass is 10.2. The molecule has 3 aromatic carbocycles. The van der Waals surface area contributed by atoms with Crippen LogP contribution in [0.2, 0.25) is 5.02 Å². The molecular weight excluding hydrogens is 521 g/mol. The van der Waals surface area contributed by atoms with Gasteiger partial charge >= 0.3 is 6.18 Å². The summed E-state index contributed by atoms with van der Waals surface area (Å²) in [4.78, 5) is 12.8. The number of carbonyl (C=O) groups excluding carboxylic acids is 1. The van der Waals surface area contributed by atoms with Crippen molar-refractivity contribution in [2.45, 2.75) is 18.0 Å². The Morgan fingerprint density at radius 3 is 2.25 bits per heavy atom. The number of aryl methyl sites for hydroxylation is 1. The highest BCUT2D eigenvalue weighted by atomic mass is 35.5. The van der Waals surface area contributed by atoms with Crippen LogP contribution in [-0.2, 0) is 21.0 Å². The van der Waals surface area contributed by atoms with Crippen molar-refractivity contribution < 1.29 is 35.9 Å². The number of sulfonamides is 1. The highest BCUT2D eigenvalue weighted by Crippen LogP contribution is 2.37. The van der Waals surface area contributed by atoms with Gasteiger partial charge in [-0.15, -0.1) is 0 Å². The number of nitrogens with zero attached hydrogens (tertiary/aromatic N) is 1. The van der Waals surface area contributed by atoms with Gasteiger partial charge in [-0.2, -0.15) is 13.2 Å². The Kier molecular flexibility index (Phi) is 8.05. The Morgan fingerprint density at radius 1 is 1.00 bits per heavy atom. The second kappa shape index (κ2) is 10.7. The van der Waals surface area contributed by atoms with E-state index in [2.05, 4.69) is 5.32 Å². The van der Waals surface area contributed by atoms with E-state index in [-0.39, 0.29) is 22.0 Å². The molecule has 0 aliphatic heterocycles. The largest absolute Gasteiger partial charge is 0.497 e. The zero-order chi connectivity index (χ0) is 26.7. The van der Waals surface area contributed by atoms with Crippen molar-refractivity contribution in [3.8, 4) is 11.5 Å². The van der Waals surface area contributed by atoms with Crippen molar-refractivity contribution in [1.29, 1.82) is 0 Å². The molecule has 0 atom stereocenters. The van der Waals surface area contributed by atoms with Crippen molar-refractivity contribution in [1.82, 2.24) is 0 Å². The highest BCUT2D eigenvalue weighted by molar-refractivity contribution is 7.92. The molecule has 0 heterocycles. The summed E-state index contributed by atoms with van der Waals surface area (Å²) >= 11 is 5.63. The molecule has 0 aliphatic carbocycles. The molecule has 0 spiro atoms. The minimum absolute atomic E-state index is 0.0288. The molecule has 3 rings (SSSR count). The van der Waals surface area contributed by atoms with Gasteiger partial charge in [0.15, 0.2) is 0 Å². The number of anilines is 2. The second-order valence-corrected chi connectivity index (χ2v) is 9.87. The van der Waals surface area contributed by atoms with Gasteiger partial charge in [-0.1, -0.05) is 29.3 Å². The maximum atomic E-state index is 13.6. The zero-order valence-corrected chi connectivity index (χ0v) is 21.0. The SMILES string of the molecule is COc1ccc(N(CC(=O)Nc2ccc(Cl)c(C(F)(F)F)c2)S(=O)(=O)c2ccc(C)cc2)c(OC)c1. The number of benzene rings is 3. The van der Waals surface area contributed by atoms with Gasteiger partial charge in [0.05, 0.1) is 35.4 Å². The number of hydrogen-bond donors (Lipinski definition) is 1. The summed E-state index contributed by atoms with van der Waals surface area (Å²) in [5.41, 5.74) is -0.487. The fourth-order valence-electron chi connectivity index (χ4n) is 3.28. The second-order valence-electron chi connectivity index (χ2n) is 7.60. The Hall–Kier alpha value is -3.44. The Bertz CT molecular complexity index is 1360. The van der Waals surface area contributed by atoms with Crippen LogP contribution in [0.15, 0.2) is 65.6 Å². The topological polar surface area (TPSA) is 84.9 Å². The third-order valence-electron chi connectivity index (χ3n) is 5.11. The number of alkyl halides is 3.